The van der Waals surface area contributed by atoms with Crippen molar-refractivity contribution in [3.63, 3.8) is 0 Å². The van der Waals surface area contributed by atoms with Crippen LogP contribution in [0.1, 0.15) is 27.0 Å². The number of aromatic nitrogens is 4. The number of ether oxygens (including phenoxy) is 1. The maximum absolute atomic E-state index is 12.8. The van der Waals surface area contributed by atoms with Crippen LogP contribution in [0.3, 0.4) is 0 Å². The fourth-order valence-corrected chi connectivity index (χ4v) is 5.36. The van der Waals surface area contributed by atoms with Gasteiger partial charge in [-0.2, -0.15) is 0 Å². The lowest BCUT2D eigenvalue weighted by Gasteiger charge is -2.16. The summed E-state index contributed by atoms with van der Waals surface area (Å²) < 4.78 is 34.7. The van der Waals surface area contributed by atoms with Crippen molar-refractivity contribution in [2.75, 3.05) is 17.2 Å². The quantitative estimate of drug-likeness (QED) is 0.220. The molecule has 6 N–H and O–H groups in total. The number of likely N-dealkylation sites (N-methyl/N-ethyl adjacent to an activating group) is 1. The lowest BCUT2D eigenvalue weighted by atomic mass is 10.1. The van der Waals surface area contributed by atoms with Crippen molar-refractivity contribution in [2.24, 2.45) is 0 Å². The van der Waals surface area contributed by atoms with E-state index in [0.29, 0.717) is 6.54 Å². The first-order valence-electron chi connectivity index (χ1n) is 11.7. The molecule has 0 radical (unpaired) electrons. The largest absolute Gasteiger partial charge is 0.387 e. The SMILES string of the molecule is CCNC(=O)[C@H]1O[C@@H](n2cnc3c(NC(=O)Nc4ccccc4S(=O)(=O)NC(C)C)ncnc32)C(O)C1O. The van der Waals surface area contributed by atoms with E-state index in [9.17, 15) is 28.2 Å². The van der Waals surface area contributed by atoms with Gasteiger partial charge in [-0.3, -0.25) is 14.7 Å². The van der Waals surface area contributed by atoms with Gasteiger partial charge in [-0.1, -0.05) is 12.1 Å². The van der Waals surface area contributed by atoms with Gasteiger partial charge in [0.1, 0.15) is 23.4 Å². The number of carbonyl (C=O) groups is 2. The highest BCUT2D eigenvalue weighted by Crippen LogP contribution is 2.32. The van der Waals surface area contributed by atoms with Gasteiger partial charge in [0.15, 0.2) is 29.3 Å². The van der Waals surface area contributed by atoms with Crippen molar-refractivity contribution in [1.82, 2.24) is 29.6 Å². The predicted octanol–water partition coefficient (Wildman–Crippen LogP) is -0.0877. The smallest absolute Gasteiger partial charge is 0.324 e. The summed E-state index contributed by atoms with van der Waals surface area (Å²) in [7, 11) is -3.89. The number of hydrogen-bond donors (Lipinski definition) is 6. The van der Waals surface area contributed by atoms with E-state index in [-0.39, 0.29) is 33.6 Å². The van der Waals surface area contributed by atoms with E-state index in [0.717, 1.165) is 6.33 Å². The molecule has 204 valence electrons. The van der Waals surface area contributed by atoms with Crippen molar-refractivity contribution >= 4 is 44.6 Å². The first kappa shape index (κ1) is 27.3. The Morgan fingerprint density at radius 1 is 1.11 bits per heavy atom. The Morgan fingerprint density at radius 3 is 2.55 bits per heavy atom. The zero-order valence-corrected chi connectivity index (χ0v) is 21.5. The number of aliphatic hydroxyl groups excluding tert-OH is 2. The first-order valence-corrected chi connectivity index (χ1v) is 13.2. The van der Waals surface area contributed by atoms with E-state index in [2.05, 4.69) is 35.6 Å². The number of carbonyl (C=O) groups excluding carboxylic acids is 2. The van der Waals surface area contributed by atoms with Gasteiger partial charge in [0.2, 0.25) is 10.0 Å². The minimum Gasteiger partial charge on any atom is -0.387 e. The topological polar surface area (TPSA) is 210 Å². The number of nitrogens with zero attached hydrogens (tertiary/aromatic N) is 4. The van der Waals surface area contributed by atoms with Crippen molar-refractivity contribution in [1.29, 1.82) is 0 Å². The average Bonchev–Trinajstić information content (AvgIpc) is 3.40. The van der Waals surface area contributed by atoms with Gasteiger partial charge in [-0.25, -0.2) is 32.9 Å². The number of anilines is 2. The summed E-state index contributed by atoms with van der Waals surface area (Å²) in [6, 6.07) is 4.76. The second kappa shape index (κ2) is 11.0. The van der Waals surface area contributed by atoms with E-state index < -0.39 is 46.5 Å². The molecule has 2 aromatic heterocycles. The number of para-hydroxylation sites is 1. The third-order valence-corrected chi connectivity index (χ3v) is 7.24. The molecule has 3 amide bonds. The zero-order valence-electron chi connectivity index (χ0n) is 20.7. The van der Waals surface area contributed by atoms with Crippen LogP contribution >= 0.6 is 0 Å². The Morgan fingerprint density at radius 2 is 1.84 bits per heavy atom. The lowest BCUT2D eigenvalue weighted by Crippen LogP contribution is -2.42. The molecule has 15 nitrogen and oxygen atoms in total. The maximum Gasteiger partial charge on any atom is 0.324 e. The van der Waals surface area contributed by atoms with E-state index >= 15 is 0 Å². The fraction of sp³-hybridized carbons (Fsp3) is 0.409. The molecular formula is C22H28N8O7S. The standard InChI is InChI=1S/C22H28N8O7S/c1-4-23-20(33)17-15(31)16(32)21(37-17)30-10-26-14-18(24-9-25-19(14)30)28-22(34)27-12-7-5-6-8-13(12)38(35,36)29-11(2)3/h5-11,15-17,21,29,31-32H,4H2,1-3H3,(H,23,33)(H2,24,25,27,28,34)/t15?,16?,17-,21+/m0/s1. The molecule has 3 aromatic rings. The van der Waals surface area contributed by atoms with Gasteiger partial charge >= 0.3 is 6.03 Å². The monoisotopic (exact) mass is 548 g/mol. The number of fused-ring (bicyclic) bond motifs is 1. The molecule has 3 heterocycles. The summed E-state index contributed by atoms with van der Waals surface area (Å²) in [6.45, 7) is 5.37. The van der Waals surface area contributed by atoms with Gasteiger partial charge in [0.25, 0.3) is 5.91 Å². The molecule has 0 saturated carbocycles. The number of benzene rings is 1. The second-order valence-electron chi connectivity index (χ2n) is 8.72. The van der Waals surface area contributed by atoms with Crippen LogP contribution in [0.15, 0.2) is 41.8 Å². The van der Waals surface area contributed by atoms with E-state index in [1.807, 2.05) is 0 Å². The van der Waals surface area contributed by atoms with Crippen LogP contribution in [-0.2, 0) is 19.6 Å². The molecule has 4 rings (SSSR count). The van der Waals surface area contributed by atoms with E-state index in [4.69, 9.17) is 4.74 Å². The maximum atomic E-state index is 12.8. The van der Waals surface area contributed by atoms with E-state index in [1.165, 1.54) is 29.1 Å². The minimum atomic E-state index is -3.89. The minimum absolute atomic E-state index is 0.0137. The van der Waals surface area contributed by atoms with Gasteiger partial charge in [0, 0.05) is 12.6 Å². The summed E-state index contributed by atoms with van der Waals surface area (Å²) >= 11 is 0. The van der Waals surface area contributed by atoms with Gasteiger partial charge < -0.3 is 25.6 Å². The summed E-state index contributed by atoms with van der Waals surface area (Å²) in [5.74, 6) is -0.592. The van der Waals surface area contributed by atoms with Crippen LogP contribution in [0, 0.1) is 0 Å². The number of aliphatic hydroxyl groups is 2. The van der Waals surface area contributed by atoms with Crippen molar-refractivity contribution in [3.8, 4) is 0 Å². The fourth-order valence-electron chi connectivity index (χ4n) is 3.95. The molecule has 0 spiro atoms. The molecule has 0 aliphatic carbocycles. The van der Waals surface area contributed by atoms with Crippen LogP contribution in [0.2, 0.25) is 0 Å². The molecule has 4 atom stereocenters. The summed E-state index contributed by atoms with van der Waals surface area (Å²) in [5, 5.41) is 28.4. The van der Waals surface area contributed by atoms with Crippen LogP contribution in [0.5, 0.6) is 0 Å². The van der Waals surface area contributed by atoms with E-state index in [1.54, 1.807) is 26.8 Å². The third-order valence-electron chi connectivity index (χ3n) is 5.53. The highest BCUT2D eigenvalue weighted by Gasteiger charge is 2.47. The highest BCUT2D eigenvalue weighted by molar-refractivity contribution is 7.89. The van der Waals surface area contributed by atoms with Gasteiger partial charge in [-0.15, -0.1) is 0 Å². The predicted molar refractivity (Wildman–Crippen MR) is 134 cm³/mol. The van der Waals surface area contributed by atoms with Crippen LogP contribution in [0.25, 0.3) is 11.2 Å². The second-order valence-corrected chi connectivity index (χ2v) is 10.4. The number of rotatable bonds is 8. The Balaban J connectivity index is 1.56. The number of amides is 3. The van der Waals surface area contributed by atoms with Crippen molar-refractivity contribution < 1.29 is 33.0 Å². The lowest BCUT2D eigenvalue weighted by molar-refractivity contribution is -0.137. The number of hydrogen-bond acceptors (Lipinski definition) is 10. The number of nitrogens with one attached hydrogen (secondary N) is 4. The Hall–Kier alpha value is -3.70. The van der Waals surface area contributed by atoms with Crippen LogP contribution in [-0.4, -0.2) is 81.0 Å². The average molecular weight is 549 g/mol. The molecule has 1 saturated heterocycles. The molecule has 16 heteroatoms. The molecule has 1 aromatic carbocycles. The molecule has 1 aliphatic heterocycles. The van der Waals surface area contributed by atoms with Crippen molar-refractivity contribution in [3.05, 3.63) is 36.9 Å². The normalized spacial score (nSPS) is 21.5. The molecule has 1 aliphatic rings. The molecule has 38 heavy (non-hydrogen) atoms. The third kappa shape index (κ3) is 5.44. The summed E-state index contributed by atoms with van der Waals surface area (Å²) in [4.78, 5) is 37.2. The number of sulfonamides is 1. The molecule has 2 unspecified atom stereocenters. The summed E-state index contributed by atoms with van der Waals surface area (Å²) in [6.07, 6.45) is -3.05. The van der Waals surface area contributed by atoms with Gasteiger partial charge in [0.05, 0.1) is 12.0 Å². The van der Waals surface area contributed by atoms with Gasteiger partial charge in [-0.05, 0) is 32.9 Å². The molecule has 0 bridgehead atoms. The summed E-state index contributed by atoms with van der Waals surface area (Å²) in [5.41, 5.74) is 0.311. The van der Waals surface area contributed by atoms with Crippen LogP contribution in [0.4, 0.5) is 16.3 Å². The molecular weight excluding hydrogens is 520 g/mol. The first-order chi connectivity index (χ1) is 18.0. The number of urea groups is 1. The molecule has 1 fully saturated rings. The Labute approximate surface area is 217 Å². The van der Waals surface area contributed by atoms with Crippen molar-refractivity contribution in [2.45, 2.75) is 56.2 Å². The number of imidazole rings is 1. The Kier molecular flexibility index (Phi) is 7.89. The zero-order chi connectivity index (χ0) is 27.6. The highest BCUT2D eigenvalue weighted by atomic mass is 32.2. The van der Waals surface area contributed by atoms with Crippen LogP contribution < -0.4 is 20.7 Å². The Bertz CT molecular complexity index is 1440.